The van der Waals surface area contributed by atoms with Crippen molar-refractivity contribution in [1.29, 1.82) is 0 Å². The minimum Gasteiger partial charge on any atom is -0.376 e. The third kappa shape index (κ3) is 4.81. The molecule has 1 saturated heterocycles. The molecule has 0 aliphatic carbocycles. The third-order valence-electron chi connectivity index (χ3n) is 3.97. The number of rotatable bonds is 5. The Morgan fingerprint density at radius 1 is 1.00 bits per heavy atom. The number of hydrogen-bond acceptors (Lipinski definition) is 3. The second kappa shape index (κ2) is 8.30. The van der Waals surface area contributed by atoms with E-state index in [1.165, 1.54) is 0 Å². The zero-order valence-electron chi connectivity index (χ0n) is 13.8. The van der Waals surface area contributed by atoms with Crippen LogP contribution < -0.4 is 16.0 Å². The lowest BCUT2D eigenvalue weighted by Gasteiger charge is -2.14. The Labute approximate surface area is 146 Å². The van der Waals surface area contributed by atoms with Gasteiger partial charge >= 0.3 is 6.03 Å². The summed E-state index contributed by atoms with van der Waals surface area (Å²) < 4.78 is 5.51. The number of carbonyl (C=O) groups excluding carboxylic acids is 2. The van der Waals surface area contributed by atoms with Crippen molar-refractivity contribution in [3.8, 4) is 0 Å². The lowest BCUT2D eigenvalue weighted by atomic mass is 10.1. The Morgan fingerprint density at radius 2 is 1.76 bits per heavy atom. The van der Waals surface area contributed by atoms with Gasteiger partial charge in [-0.15, -0.1) is 0 Å². The van der Waals surface area contributed by atoms with Gasteiger partial charge in [0.25, 0.3) is 5.91 Å². The predicted molar refractivity (Wildman–Crippen MR) is 96.8 cm³/mol. The van der Waals surface area contributed by atoms with E-state index < -0.39 is 6.03 Å². The van der Waals surface area contributed by atoms with Crippen molar-refractivity contribution in [2.24, 2.45) is 0 Å². The second-order valence-corrected chi connectivity index (χ2v) is 5.84. The molecule has 2 aromatic rings. The molecular weight excluding hydrogens is 318 g/mol. The molecule has 0 saturated carbocycles. The average molecular weight is 339 g/mol. The molecule has 3 amide bonds. The summed E-state index contributed by atoms with van der Waals surface area (Å²) in [6.45, 7) is 1.22. The van der Waals surface area contributed by atoms with Gasteiger partial charge in [0.2, 0.25) is 0 Å². The molecule has 3 N–H and O–H groups in total. The summed E-state index contributed by atoms with van der Waals surface area (Å²) in [5.74, 6) is -0.230. The standard InChI is InChI=1S/C19H21N3O3/c23-18(20-13-15-9-6-12-25-15)16-10-4-5-11-17(16)22-19(24)21-14-7-2-1-3-8-14/h1-5,7-8,10-11,15H,6,9,12-13H2,(H,20,23)(H2,21,22,24). The highest BCUT2D eigenvalue weighted by molar-refractivity contribution is 6.06. The molecule has 1 aliphatic rings. The van der Waals surface area contributed by atoms with Crippen molar-refractivity contribution in [3.63, 3.8) is 0 Å². The molecule has 1 heterocycles. The third-order valence-corrected chi connectivity index (χ3v) is 3.97. The van der Waals surface area contributed by atoms with Crippen molar-refractivity contribution in [1.82, 2.24) is 5.32 Å². The molecule has 0 radical (unpaired) electrons. The van der Waals surface area contributed by atoms with Gasteiger partial charge in [-0.05, 0) is 37.1 Å². The number of anilines is 2. The van der Waals surface area contributed by atoms with Crippen LogP contribution in [-0.4, -0.2) is 31.2 Å². The van der Waals surface area contributed by atoms with Crippen LogP contribution in [0.15, 0.2) is 54.6 Å². The van der Waals surface area contributed by atoms with E-state index in [0.717, 1.165) is 19.4 Å². The predicted octanol–water partition coefficient (Wildman–Crippen LogP) is 3.24. The summed E-state index contributed by atoms with van der Waals surface area (Å²) in [6.07, 6.45) is 2.06. The van der Waals surface area contributed by atoms with Crippen LogP contribution in [0.5, 0.6) is 0 Å². The van der Waals surface area contributed by atoms with Gasteiger partial charge in [0.15, 0.2) is 0 Å². The first kappa shape index (κ1) is 17.0. The first-order chi connectivity index (χ1) is 12.2. The zero-order valence-corrected chi connectivity index (χ0v) is 13.8. The van der Waals surface area contributed by atoms with Crippen LogP contribution in [0, 0.1) is 0 Å². The largest absolute Gasteiger partial charge is 0.376 e. The van der Waals surface area contributed by atoms with Crippen molar-refractivity contribution >= 4 is 23.3 Å². The first-order valence-electron chi connectivity index (χ1n) is 8.34. The van der Waals surface area contributed by atoms with E-state index in [4.69, 9.17) is 4.74 Å². The number of carbonyl (C=O) groups is 2. The van der Waals surface area contributed by atoms with Crippen molar-refractivity contribution in [2.45, 2.75) is 18.9 Å². The Kier molecular flexibility index (Phi) is 5.64. The fraction of sp³-hybridized carbons (Fsp3) is 0.263. The normalized spacial score (nSPS) is 16.2. The number of hydrogen-bond donors (Lipinski definition) is 3. The quantitative estimate of drug-likeness (QED) is 0.782. The van der Waals surface area contributed by atoms with E-state index in [1.807, 2.05) is 18.2 Å². The maximum atomic E-state index is 12.4. The maximum Gasteiger partial charge on any atom is 0.323 e. The van der Waals surface area contributed by atoms with E-state index in [0.29, 0.717) is 23.5 Å². The number of nitrogens with one attached hydrogen (secondary N) is 3. The van der Waals surface area contributed by atoms with E-state index >= 15 is 0 Å². The Balaban J connectivity index is 1.61. The smallest absolute Gasteiger partial charge is 0.323 e. The van der Waals surface area contributed by atoms with Gasteiger partial charge in [0.05, 0.1) is 17.4 Å². The van der Waals surface area contributed by atoms with E-state index in [-0.39, 0.29) is 12.0 Å². The highest BCUT2D eigenvalue weighted by Gasteiger charge is 2.18. The lowest BCUT2D eigenvalue weighted by molar-refractivity contribution is 0.0858. The molecule has 1 aliphatic heterocycles. The van der Waals surface area contributed by atoms with Crippen LogP contribution in [0.3, 0.4) is 0 Å². The van der Waals surface area contributed by atoms with Crippen LogP contribution >= 0.6 is 0 Å². The first-order valence-corrected chi connectivity index (χ1v) is 8.34. The molecule has 1 fully saturated rings. The molecule has 6 nitrogen and oxygen atoms in total. The van der Waals surface area contributed by atoms with Gasteiger partial charge < -0.3 is 20.7 Å². The fourth-order valence-corrected chi connectivity index (χ4v) is 2.70. The molecular formula is C19H21N3O3. The van der Waals surface area contributed by atoms with Gasteiger partial charge in [-0.3, -0.25) is 4.79 Å². The van der Waals surface area contributed by atoms with Gasteiger partial charge in [-0.2, -0.15) is 0 Å². The van der Waals surface area contributed by atoms with Gasteiger partial charge in [0.1, 0.15) is 0 Å². The summed E-state index contributed by atoms with van der Waals surface area (Å²) in [5.41, 5.74) is 1.56. The number of ether oxygens (including phenoxy) is 1. The topological polar surface area (TPSA) is 79.5 Å². The Bertz CT molecular complexity index is 728. The average Bonchev–Trinajstić information content (AvgIpc) is 3.14. The highest BCUT2D eigenvalue weighted by atomic mass is 16.5. The molecule has 1 unspecified atom stereocenters. The number of amides is 3. The van der Waals surface area contributed by atoms with Crippen LogP contribution in [0.25, 0.3) is 0 Å². The Morgan fingerprint density at radius 3 is 2.52 bits per heavy atom. The molecule has 25 heavy (non-hydrogen) atoms. The van der Waals surface area contributed by atoms with E-state index in [9.17, 15) is 9.59 Å². The second-order valence-electron chi connectivity index (χ2n) is 5.84. The summed E-state index contributed by atoms with van der Waals surface area (Å²) >= 11 is 0. The minimum atomic E-state index is -0.398. The zero-order chi connectivity index (χ0) is 17.5. The summed E-state index contributed by atoms with van der Waals surface area (Å²) in [6, 6.07) is 15.6. The number of benzene rings is 2. The summed E-state index contributed by atoms with van der Waals surface area (Å²) in [5, 5.41) is 8.33. The van der Waals surface area contributed by atoms with E-state index in [2.05, 4.69) is 16.0 Å². The van der Waals surface area contributed by atoms with Crippen molar-refractivity contribution < 1.29 is 14.3 Å². The van der Waals surface area contributed by atoms with Crippen molar-refractivity contribution in [2.75, 3.05) is 23.8 Å². The summed E-state index contributed by atoms with van der Waals surface area (Å²) in [4.78, 5) is 24.6. The summed E-state index contributed by atoms with van der Waals surface area (Å²) in [7, 11) is 0. The van der Waals surface area contributed by atoms with Crippen LogP contribution in [0.4, 0.5) is 16.2 Å². The maximum absolute atomic E-state index is 12.4. The molecule has 0 aromatic heterocycles. The van der Waals surface area contributed by atoms with Gasteiger partial charge in [0, 0.05) is 18.8 Å². The molecule has 2 aromatic carbocycles. The molecule has 1 atom stereocenters. The minimum absolute atomic E-state index is 0.0745. The molecule has 0 bridgehead atoms. The molecule has 3 rings (SSSR count). The van der Waals surface area contributed by atoms with Gasteiger partial charge in [-0.1, -0.05) is 30.3 Å². The SMILES string of the molecule is O=C(Nc1ccccc1)Nc1ccccc1C(=O)NCC1CCCO1. The number of para-hydroxylation sites is 2. The van der Waals surface area contributed by atoms with Gasteiger partial charge in [-0.25, -0.2) is 4.79 Å². The number of urea groups is 1. The highest BCUT2D eigenvalue weighted by Crippen LogP contribution is 2.16. The Hall–Kier alpha value is -2.86. The van der Waals surface area contributed by atoms with Crippen LogP contribution in [0.1, 0.15) is 23.2 Å². The molecule has 6 heteroatoms. The van der Waals surface area contributed by atoms with Crippen LogP contribution in [0.2, 0.25) is 0 Å². The van der Waals surface area contributed by atoms with Crippen molar-refractivity contribution in [3.05, 3.63) is 60.2 Å². The lowest BCUT2D eigenvalue weighted by Crippen LogP contribution is -2.32. The van der Waals surface area contributed by atoms with E-state index in [1.54, 1.807) is 36.4 Å². The fourth-order valence-electron chi connectivity index (χ4n) is 2.70. The van der Waals surface area contributed by atoms with Crippen LogP contribution in [-0.2, 0) is 4.74 Å². The molecule has 0 spiro atoms. The molecule has 130 valence electrons. The monoisotopic (exact) mass is 339 g/mol.